The number of pyridine rings is 1. The van der Waals surface area contributed by atoms with E-state index < -0.39 is 85.5 Å². The molecule has 2 saturated carbocycles. The van der Waals surface area contributed by atoms with Crippen molar-refractivity contribution in [1.29, 1.82) is 0 Å². The van der Waals surface area contributed by atoms with Gasteiger partial charge in [-0.15, -0.1) is 0 Å². The predicted molar refractivity (Wildman–Crippen MR) is 197 cm³/mol. The number of ether oxygens (including phenoxy) is 2. The number of halogens is 2. The quantitative estimate of drug-likeness (QED) is 0.361. The second-order valence-electron chi connectivity index (χ2n) is 16.5. The molecule has 0 bridgehead atoms. The third-order valence-electron chi connectivity index (χ3n) is 12.1. The number of aryl methyl sites for hydroxylation is 2. The summed E-state index contributed by atoms with van der Waals surface area (Å²) in [4.78, 5) is 62.2. The second-order valence-corrected chi connectivity index (χ2v) is 18.7. The lowest BCUT2D eigenvalue weighted by Gasteiger charge is -2.48. The Hall–Kier alpha value is -4.34. The number of hydrogen-bond acceptors (Lipinski definition) is 9. The van der Waals surface area contributed by atoms with E-state index >= 15 is 0 Å². The molecular weight excluding hydrogens is 737 g/mol. The first-order valence-electron chi connectivity index (χ1n) is 19.3. The summed E-state index contributed by atoms with van der Waals surface area (Å²) in [5.74, 6) is -4.19. The van der Waals surface area contributed by atoms with Gasteiger partial charge in [-0.25, -0.2) is 27.0 Å². The Balaban J connectivity index is 1.25. The number of amides is 4. The van der Waals surface area contributed by atoms with E-state index in [4.69, 9.17) is 9.47 Å². The highest BCUT2D eigenvalue weighted by atomic mass is 32.2. The molecule has 3 N–H and O–H groups in total. The number of fused-ring (bicyclic) bond motifs is 5. The van der Waals surface area contributed by atoms with Crippen molar-refractivity contribution in [2.75, 3.05) is 6.54 Å². The minimum atomic E-state index is -4.04. The molecule has 16 heteroatoms. The van der Waals surface area contributed by atoms with Gasteiger partial charge in [-0.2, -0.15) is 0 Å². The van der Waals surface area contributed by atoms with E-state index in [0.717, 1.165) is 25.0 Å². The van der Waals surface area contributed by atoms with Crippen LogP contribution in [0.2, 0.25) is 0 Å². The van der Waals surface area contributed by atoms with Gasteiger partial charge in [0.05, 0.1) is 28.6 Å². The number of rotatable bonds is 5. The molecule has 1 aromatic carbocycles. The van der Waals surface area contributed by atoms with Crippen LogP contribution in [0.4, 0.5) is 13.6 Å². The molecule has 1 spiro atoms. The molecule has 13 nitrogen and oxygen atoms in total. The lowest BCUT2D eigenvalue weighted by Crippen LogP contribution is -2.70. The lowest BCUT2D eigenvalue weighted by molar-refractivity contribution is -0.144. The fourth-order valence-corrected chi connectivity index (χ4v) is 9.76. The summed E-state index contributed by atoms with van der Waals surface area (Å²) in [6, 6.07) is -0.0915. The van der Waals surface area contributed by atoms with E-state index in [0.29, 0.717) is 67.3 Å². The van der Waals surface area contributed by atoms with Gasteiger partial charge in [-0.3, -0.25) is 19.1 Å². The van der Waals surface area contributed by atoms with Crippen molar-refractivity contribution in [1.82, 2.24) is 25.2 Å². The third kappa shape index (κ3) is 7.26. The smallest absolute Gasteiger partial charge is 0.408 e. The van der Waals surface area contributed by atoms with Gasteiger partial charge in [0.1, 0.15) is 29.0 Å². The van der Waals surface area contributed by atoms with Gasteiger partial charge in [0.25, 0.3) is 5.91 Å². The average Bonchev–Trinajstić information content (AvgIpc) is 3.77. The molecule has 4 amide bonds. The first-order valence-corrected chi connectivity index (χ1v) is 20.8. The number of nitrogens with zero attached hydrogens (tertiary/aromatic N) is 2. The molecule has 2 aromatic rings. The van der Waals surface area contributed by atoms with Crippen LogP contribution in [-0.2, 0) is 35.6 Å². The molecule has 1 saturated heterocycles. The Morgan fingerprint density at radius 3 is 2.51 bits per heavy atom. The lowest BCUT2D eigenvalue weighted by atomic mass is 9.65. The van der Waals surface area contributed by atoms with Crippen molar-refractivity contribution < 1.29 is 45.9 Å². The van der Waals surface area contributed by atoms with Crippen molar-refractivity contribution in [2.45, 2.75) is 139 Å². The predicted octanol–water partition coefficient (Wildman–Crippen LogP) is 4.77. The van der Waals surface area contributed by atoms with Crippen molar-refractivity contribution in [3.8, 4) is 5.75 Å². The zero-order chi connectivity index (χ0) is 39.5. The van der Waals surface area contributed by atoms with E-state index in [9.17, 15) is 36.4 Å². The van der Waals surface area contributed by atoms with Crippen LogP contribution in [0.1, 0.15) is 103 Å². The van der Waals surface area contributed by atoms with E-state index in [-0.39, 0.29) is 31.3 Å². The Morgan fingerprint density at radius 2 is 1.82 bits per heavy atom. The van der Waals surface area contributed by atoms with Gasteiger partial charge in [0, 0.05) is 29.4 Å². The van der Waals surface area contributed by atoms with E-state index in [1.54, 1.807) is 27.7 Å². The van der Waals surface area contributed by atoms with Crippen molar-refractivity contribution in [2.24, 2.45) is 5.92 Å². The van der Waals surface area contributed by atoms with Gasteiger partial charge < -0.3 is 25.0 Å². The molecule has 298 valence electrons. The summed E-state index contributed by atoms with van der Waals surface area (Å²) >= 11 is 0. The Bertz CT molecular complexity index is 2070. The number of carbonyl (C=O) groups excluding carboxylic acids is 4. The van der Waals surface area contributed by atoms with Crippen LogP contribution in [0.3, 0.4) is 0 Å². The number of nitrogens with one attached hydrogen (secondary N) is 3. The van der Waals surface area contributed by atoms with Gasteiger partial charge in [-0.1, -0.05) is 25.0 Å². The summed E-state index contributed by atoms with van der Waals surface area (Å²) in [5.41, 5.74) is -1.39. The molecule has 4 heterocycles. The number of benzene rings is 1. The summed E-state index contributed by atoms with van der Waals surface area (Å²) < 4.78 is 68.4. The Morgan fingerprint density at radius 1 is 1.07 bits per heavy atom. The monoisotopic (exact) mass is 785 g/mol. The molecule has 5 atom stereocenters. The van der Waals surface area contributed by atoms with Gasteiger partial charge in [0.15, 0.2) is 11.6 Å². The van der Waals surface area contributed by atoms with Crippen LogP contribution in [0, 0.1) is 24.5 Å². The zero-order valence-electron chi connectivity index (χ0n) is 31.6. The minimum absolute atomic E-state index is 0.00297. The summed E-state index contributed by atoms with van der Waals surface area (Å²) in [7, 11) is -4.04. The molecule has 5 unspecified atom stereocenters. The maximum atomic E-state index is 14.7. The minimum Gasteiger partial charge on any atom is -0.483 e. The van der Waals surface area contributed by atoms with Gasteiger partial charge >= 0.3 is 6.09 Å². The summed E-state index contributed by atoms with van der Waals surface area (Å²) in [6.07, 6.45) is 7.81. The standard InChI is InChI=1S/C39H49F2N5O8S/c1-22(2)53-36(50)43-29-11-9-7-5-6-8-10-24-12-15-39(24,35(49)45-55(51,52)37(4)16-17-37)44-33(47)31-20-38(21-46(31)34(29)48)14-13-25-26-18-27(40)28(41)19-30(26)42-23(3)32(25)54-38/h8,10,18-19,22,24,29,31H,5-7,9,11-17,20-21H2,1-4H3,(H,43,50)(H,44,47)(H,45,49). The van der Waals surface area contributed by atoms with E-state index in [2.05, 4.69) is 20.3 Å². The highest BCUT2D eigenvalue weighted by Crippen LogP contribution is 2.47. The van der Waals surface area contributed by atoms with E-state index in [1.165, 1.54) is 4.90 Å². The maximum absolute atomic E-state index is 14.7. The molecule has 55 heavy (non-hydrogen) atoms. The molecule has 5 aliphatic rings. The van der Waals surface area contributed by atoms with E-state index in [1.807, 2.05) is 12.2 Å². The summed E-state index contributed by atoms with van der Waals surface area (Å²) in [6.45, 7) is 6.58. The molecule has 7 rings (SSSR count). The number of sulfonamides is 1. The van der Waals surface area contributed by atoms with Crippen molar-refractivity contribution in [3.05, 3.63) is 47.2 Å². The molecule has 2 aliphatic carbocycles. The number of carbonyl (C=O) groups is 4. The molecule has 0 radical (unpaired) electrons. The van der Waals surface area contributed by atoms with Crippen LogP contribution in [0.25, 0.3) is 10.9 Å². The zero-order valence-corrected chi connectivity index (χ0v) is 32.5. The fourth-order valence-electron chi connectivity index (χ4n) is 8.45. The molecule has 3 fully saturated rings. The fraction of sp³-hybridized carbons (Fsp3) is 0.615. The molecule has 3 aliphatic heterocycles. The first kappa shape index (κ1) is 38.9. The topological polar surface area (TPSA) is 173 Å². The number of alkyl carbamates (subject to hydrolysis) is 1. The molecular formula is C39H49F2N5O8S. The number of aromatic nitrogens is 1. The highest BCUT2D eigenvalue weighted by molar-refractivity contribution is 7.91. The van der Waals surface area contributed by atoms with Crippen LogP contribution < -0.4 is 20.1 Å². The SMILES string of the molecule is Cc1nc2cc(F)c(F)cc2c2c1OC1(CC2)CC2C(=O)NC3(C(=O)NS(=O)(=O)C4(C)CC4)CCC3C=CCCCCCC(NC(=O)OC(C)C)C(=O)N2C1. The number of allylic oxidation sites excluding steroid dienone is 1. The maximum Gasteiger partial charge on any atom is 0.408 e. The van der Waals surface area contributed by atoms with Crippen LogP contribution in [-0.4, -0.2) is 82.7 Å². The second kappa shape index (κ2) is 14.3. The Kier molecular flexibility index (Phi) is 10.1. The van der Waals surface area contributed by atoms with Crippen LogP contribution in [0.15, 0.2) is 24.3 Å². The van der Waals surface area contributed by atoms with Crippen molar-refractivity contribution >= 4 is 44.7 Å². The highest BCUT2D eigenvalue weighted by Gasteiger charge is 2.59. The Labute approximate surface area is 319 Å². The van der Waals surface area contributed by atoms with Gasteiger partial charge in [0.2, 0.25) is 21.8 Å². The summed E-state index contributed by atoms with van der Waals surface area (Å²) in [5, 5.41) is 6.06. The van der Waals surface area contributed by atoms with Crippen molar-refractivity contribution in [3.63, 3.8) is 0 Å². The first-order chi connectivity index (χ1) is 26.0. The average molecular weight is 786 g/mol. The van der Waals surface area contributed by atoms with Crippen LogP contribution >= 0.6 is 0 Å². The van der Waals surface area contributed by atoms with Gasteiger partial charge in [-0.05, 0) is 91.5 Å². The third-order valence-corrected chi connectivity index (χ3v) is 14.3. The molecule has 1 aromatic heterocycles. The normalized spacial score (nSPS) is 29.1. The number of hydrogen-bond donors (Lipinski definition) is 3. The largest absolute Gasteiger partial charge is 0.483 e. The van der Waals surface area contributed by atoms with Crippen LogP contribution in [0.5, 0.6) is 5.75 Å².